The highest BCUT2D eigenvalue weighted by molar-refractivity contribution is 7.99. The molecular weight excluding hydrogens is 327 g/mol. The van der Waals surface area contributed by atoms with Gasteiger partial charge in [0.2, 0.25) is 0 Å². The molecule has 0 amide bonds. The Kier molecular flexibility index (Phi) is 5.99. The molecular formula is C15H18Cl2N2OS. The van der Waals surface area contributed by atoms with Crippen molar-refractivity contribution in [1.29, 1.82) is 0 Å². The maximum Gasteiger partial charge on any atom is 0.0848 e. The molecule has 1 unspecified atom stereocenters. The Balaban J connectivity index is 1.95. The predicted octanol–water partition coefficient (Wildman–Crippen LogP) is 4.21. The van der Waals surface area contributed by atoms with E-state index in [9.17, 15) is 5.11 Å². The normalized spacial score (nSPS) is 12.6. The summed E-state index contributed by atoms with van der Waals surface area (Å²) in [6.07, 6.45) is 0.0401. The summed E-state index contributed by atoms with van der Waals surface area (Å²) in [7, 11) is 0. The molecule has 2 rings (SSSR count). The molecule has 2 aromatic rings. The van der Waals surface area contributed by atoms with E-state index >= 15 is 0 Å². The number of thioether (sulfide) groups is 1. The van der Waals surface area contributed by atoms with Gasteiger partial charge in [0.25, 0.3) is 0 Å². The molecule has 1 N–H and O–H groups in total. The van der Waals surface area contributed by atoms with Crippen LogP contribution in [0.2, 0.25) is 10.0 Å². The van der Waals surface area contributed by atoms with Crippen molar-refractivity contribution in [3.8, 4) is 0 Å². The third-order valence-corrected chi connectivity index (χ3v) is 5.04. The van der Waals surface area contributed by atoms with E-state index < -0.39 is 6.10 Å². The van der Waals surface area contributed by atoms with E-state index in [1.807, 2.05) is 42.8 Å². The predicted molar refractivity (Wildman–Crippen MR) is 89.5 cm³/mol. The standard InChI is InChI=1S/C15H18Cl2N2OS/c1-3-19-14(15(17)10(2)18-19)8-12(20)9-21-13-6-4-11(16)5-7-13/h4-7,12,20H,3,8-9H2,1-2H3. The van der Waals surface area contributed by atoms with Crippen LogP contribution in [0.1, 0.15) is 18.3 Å². The van der Waals surface area contributed by atoms with Crippen LogP contribution in [0.4, 0.5) is 0 Å². The van der Waals surface area contributed by atoms with E-state index in [1.165, 1.54) is 0 Å². The Morgan fingerprint density at radius 3 is 2.57 bits per heavy atom. The number of halogens is 2. The molecule has 21 heavy (non-hydrogen) atoms. The third kappa shape index (κ3) is 4.39. The van der Waals surface area contributed by atoms with Crippen LogP contribution in [-0.4, -0.2) is 26.7 Å². The van der Waals surface area contributed by atoms with Gasteiger partial charge >= 0.3 is 0 Å². The van der Waals surface area contributed by atoms with Crippen LogP contribution in [0.3, 0.4) is 0 Å². The van der Waals surface area contributed by atoms with Crippen LogP contribution < -0.4 is 0 Å². The number of aliphatic hydroxyl groups is 1. The van der Waals surface area contributed by atoms with Crippen LogP contribution in [0.5, 0.6) is 0 Å². The van der Waals surface area contributed by atoms with E-state index in [0.717, 1.165) is 22.8 Å². The molecule has 1 aromatic carbocycles. The third-order valence-electron chi connectivity index (χ3n) is 3.14. The van der Waals surface area contributed by atoms with Crippen molar-refractivity contribution in [2.75, 3.05) is 5.75 Å². The second-order valence-corrected chi connectivity index (χ2v) is 6.69. The zero-order valence-corrected chi connectivity index (χ0v) is 14.3. The number of benzene rings is 1. The van der Waals surface area contributed by atoms with Crippen LogP contribution in [-0.2, 0) is 13.0 Å². The minimum atomic E-state index is -0.468. The van der Waals surface area contributed by atoms with Gasteiger partial charge in [-0.2, -0.15) is 5.10 Å². The summed E-state index contributed by atoms with van der Waals surface area (Å²) >= 11 is 13.7. The fourth-order valence-corrected chi connectivity index (χ4v) is 3.24. The Labute approximate surface area is 139 Å². The highest BCUT2D eigenvalue weighted by Crippen LogP contribution is 2.25. The molecule has 1 heterocycles. The maximum absolute atomic E-state index is 10.2. The Bertz CT molecular complexity index is 598. The fraction of sp³-hybridized carbons (Fsp3) is 0.400. The molecule has 114 valence electrons. The van der Waals surface area contributed by atoms with Gasteiger partial charge in [-0.1, -0.05) is 23.2 Å². The van der Waals surface area contributed by atoms with E-state index in [0.29, 0.717) is 22.2 Å². The highest BCUT2D eigenvalue weighted by Gasteiger charge is 2.16. The molecule has 0 fully saturated rings. The van der Waals surface area contributed by atoms with Gasteiger partial charge in [-0.3, -0.25) is 4.68 Å². The SMILES string of the molecule is CCn1nc(C)c(Cl)c1CC(O)CSc1ccc(Cl)cc1. The lowest BCUT2D eigenvalue weighted by atomic mass is 10.2. The number of aliphatic hydroxyl groups excluding tert-OH is 1. The molecule has 0 saturated heterocycles. The first-order valence-electron chi connectivity index (χ1n) is 6.79. The number of nitrogens with zero attached hydrogens (tertiary/aromatic N) is 2. The average Bonchev–Trinajstić information content (AvgIpc) is 2.74. The molecule has 1 atom stereocenters. The molecule has 0 saturated carbocycles. The van der Waals surface area contributed by atoms with E-state index in [1.54, 1.807) is 11.8 Å². The highest BCUT2D eigenvalue weighted by atomic mass is 35.5. The van der Waals surface area contributed by atoms with Crippen LogP contribution in [0.25, 0.3) is 0 Å². The zero-order chi connectivity index (χ0) is 15.4. The van der Waals surface area contributed by atoms with Crippen LogP contribution in [0.15, 0.2) is 29.2 Å². The fourth-order valence-electron chi connectivity index (χ4n) is 2.07. The number of aryl methyl sites for hydroxylation is 2. The van der Waals surface area contributed by atoms with Gasteiger partial charge in [0, 0.05) is 28.6 Å². The lowest BCUT2D eigenvalue weighted by Crippen LogP contribution is -2.17. The van der Waals surface area contributed by atoms with Gasteiger partial charge in [-0.15, -0.1) is 11.8 Å². The summed E-state index contributed by atoms with van der Waals surface area (Å²) < 4.78 is 1.86. The van der Waals surface area contributed by atoms with Crippen LogP contribution >= 0.6 is 35.0 Å². The molecule has 0 spiro atoms. The molecule has 0 aliphatic carbocycles. The maximum atomic E-state index is 10.2. The molecule has 0 radical (unpaired) electrons. The van der Waals surface area contributed by atoms with E-state index in [-0.39, 0.29) is 0 Å². The summed E-state index contributed by atoms with van der Waals surface area (Å²) in [5.74, 6) is 0.603. The van der Waals surface area contributed by atoms with Gasteiger partial charge < -0.3 is 5.11 Å². The zero-order valence-electron chi connectivity index (χ0n) is 12.0. The number of aromatic nitrogens is 2. The van der Waals surface area contributed by atoms with Crippen molar-refractivity contribution in [3.05, 3.63) is 45.7 Å². The first kappa shape index (κ1) is 16.7. The Morgan fingerprint density at radius 2 is 1.95 bits per heavy atom. The molecule has 0 bridgehead atoms. The van der Waals surface area contributed by atoms with Crippen molar-refractivity contribution >= 4 is 35.0 Å². The van der Waals surface area contributed by atoms with E-state index in [4.69, 9.17) is 23.2 Å². The van der Waals surface area contributed by atoms with Crippen molar-refractivity contribution < 1.29 is 5.11 Å². The second kappa shape index (κ2) is 7.54. The molecule has 6 heteroatoms. The summed E-state index contributed by atoms with van der Waals surface area (Å²) in [6, 6.07) is 7.60. The quantitative estimate of drug-likeness (QED) is 0.797. The summed E-state index contributed by atoms with van der Waals surface area (Å²) in [4.78, 5) is 1.09. The second-order valence-electron chi connectivity index (χ2n) is 4.78. The summed E-state index contributed by atoms with van der Waals surface area (Å²) in [5, 5.41) is 16.0. The lowest BCUT2D eigenvalue weighted by Gasteiger charge is -2.12. The van der Waals surface area contributed by atoms with Crippen molar-refractivity contribution in [3.63, 3.8) is 0 Å². The van der Waals surface area contributed by atoms with Gasteiger partial charge in [0.05, 0.1) is 22.5 Å². The first-order chi connectivity index (χ1) is 10.0. The average molecular weight is 345 g/mol. The smallest absolute Gasteiger partial charge is 0.0848 e. The molecule has 0 aliphatic rings. The van der Waals surface area contributed by atoms with Gasteiger partial charge in [0.15, 0.2) is 0 Å². The van der Waals surface area contributed by atoms with E-state index in [2.05, 4.69) is 5.10 Å². The number of hydrogen-bond acceptors (Lipinski definition) is 3. The minimum Gasteiger partial charge on any atom is -0.392 e. The summed E-state index contributed by atoms with van der Waals surface area (Å²) in [6.45, 7) is 4.65. The summed E-state index contributed by atoms with van der Waals surface area (Å²) in [5.41, 5.74) is 1.71. The molecule has 1 aromatic heterocycles. The topological polar surface area (TPSA) is 38.0 Å². The Hall–Kier alpha value is -0.680. The van der Waals surface area contributed by atoms with Crippen molar-refractivity contribution in [2.24, 2.45) is 0 Å². The first-order valence-corrected chi connectivity index (χ1v) is 8.53. The van der Waals surface area contributed by atoms with Gasteiger partial charge in [-0.05, 0) is 38.1 Å². The van der Waals surface area contributed by atoms with Gasteiger partial charge in [-0.25, -0.2) is 0 Å². The van der Waals surface area contributed by atoms with Crippen molar-refractivity contribution in [2.45, 2.75) is 37.8 Å². The minimum absolute atomic E-state index is 0.468. The number of rotatable bonds is 6. The lowest BCUT2D eigenvalue weighted by molar-refractivity contribution is 0.197. The molecule has 0 aliphatic heterocycles. The largest absolute Gasteiger partial charge is 0.392 e. The Morgan fingerprint density at radius 1 is 1.29 bits per heavy atom. The molecule has 3 nitrogen and oxygen atoms in total. The number of hydrogen-bond donors (Lipinski definition) is 1. The van der Waals surface area contributed by atoms with Gasteiger partial charge in [0.1, 0.15) is 0 Å². The van der Waals surface area contributed by atoms with Crippen LogP contribution in [0, 0.1) is 6.92 Å². The monoisotopic (exact) mass is 344 g/mol. The van der Waals surface area contributed by atoms with Crippen molar-refractivity contribution in [1.82, 2.24) is 9.78 Å².